The normalized spacial score (nSPS) is 11.9. The van der Waals surface area contributed by atoms with Crippen LogP contribution >= 0.6 is 11.3 Å². The van der Waals surface area contributed by atoms with Gasteiger partial charge in [0.1, 0.15) is 5.82 Å². The Morgan fingerprint density at radius 3 is 2.70 bits per heavy atom. The third kappa shape index (κ3) is 6.32. The molecule has 0 radical (unpaired) electrons. The number of amides is 1. The molecule has 6 nitrogen and oxygen atoms in total. The predicted molar refractivity (Wildman–Crippen MR) is 105 cm³/mol. The van der Waals surface area contributed by atoms with Crippen molar-refractivity contribution in [3.63, 3.8) is 0 Å². The van der Waals surface area contributed by atoms with Crippen molar-refractivity contribution in [1.82, 2.24) is 4.98 Å². The lowest BCUT2D eigenvalue weighted by molar-refractivity contribution is -0.123. The maximum Gasteiger partial charge on any atom is 0.358 e. The number of hydrogen-bond donors (Lipinski definition) is 2. The number of thiazole rings is 1. The highest BCUT2D eigenvalue weighted by atomic mass is 32.1. The minimum absolute atomic E-state index is 0.146. The van der Waals surface area contributed by atoms with Crippen LogP contribution in [0.1, 0.15) is 43.2 Å². The van der Waals surface area contributed by atoms with Gasteiger partial charge in [-0.15, -0.1) is 11.3 Å². The number of aromatic nitrogens is 1. The number of esters is 1. The van der Waals surface area contributed by atoms with E-state index >= 15 is 0 Å². The number of anilines is 2. The third-order valence-corrected chi connectivity index (χ3v) is 4.60. The van der Waals surface area contributed by atoms with E-state index in [2.05, 4.69) is 29.5 Å². The number of hydrogen-bond acceptors (Lipinski definition) is 6. The van der Waals surface area contributed by atoms with Crippen LogP contribution < -0.4 is 10.6 Å². The first-order chi connectivity index (χ1) is 12.8. The smallest absolute Gasteiger partial charge is 0.358 e. The number of nitrogens with one attached hydrogen (secondary N) is 2. The Balaban J connectivity index is 1.87. The summed E-state index contributed by atoms with van der Waals surface area (Å²) in [6, 6.07) is 4.36. The summed E-state index contributed by atoms with van der Waals surface area (Å²) in [5, 5.41) is 7.90. The molecule has 2 aromatic rings. The summed E-state index contributed by atoms with van der Waals surface area (Å²) in [5.74, 6) is -1.07. The van der Waals surface area contributed by atoms with Crippen LogP contribution in [0.5, 0.6) is 0 Å². The summed E-state index contributed by atoms with van der Waals surface area (Å²) in [7, 11) is 0. The number of carbonyl (C=O) groups excluding carboxylic acids is 2. The van der Waals surface area contributed by atoms with Crippen molar-refractivity contribution < 1.29 is 18.7 Å². The zero-order valence-electron chi connectivity index (χ0n) is 15.8. The molecule has 0 bridgehead atoms. The Hall–Kier alpha value is -2.48. The van der Waals surface area contributed by atoms with E-state index in [0.717, 1.165) is 13.0 Å². The molecule has 0 saturated heterocycles. The van der Waals surface area contributed by atoms with E-state index in [1.54, 1.807) is 24.4 Å². The van der Waals surface area contributed by atoms with E-state index in [9.17, 15) is 14.0 Å². The minimum Gasteiger partial charge on any atom is -0.448 e. The lowest BCUT2D eigenvalue weighted by Crippen LogP contribution is -2.30. The molecular weight excluding hydrogens is 369 g/mol. The number of aryl methyl sites for hydroxylation is 1. The summed E-state index contributed by atoms with van der Waals surface area (Å²) in [5.41, 5.74) is 0.929. The molecule has 146 valence electrons. The van der Waals surface area contributed by atoms with Crippen LogP contribution in [-0.2, 0) is 9.53 Å². The molecule has 1 aromatic carbocycles. The number of halogens is 1. The number of ether oxygens (including phenoxy) is 1. The second-order valence-corrected chi connectivity index (χ2v) is 7.51. The van der Waals surface area contributed by atoms with Crippen LogP contribution in [0.15, 0.2) is 23.6 Å². The number of benzene rings is 1. The fraction of sp³-hybridized carbons (Fsp3) is 0.421. The van der Waals surface area contributed by atoms with E-state index in [4.69, 9.17) is 4.74 Å². The lowest BCUT2D eigenvalue weighted by Gasteiger charge is -2.13. The van der Waals surface area contributed by atoms with Gasteiger partial charge < -0.3 is 15.4 Å². The molecule has 0 aliphatic rings. The summed E-state index contributed by atoms with van der Waals surface area (Å²) in [6.45, 7) is 8.11. The topological polar surface area (TPSA) is 80.3 Å². The molecule has 1 aromatic heterocycles. The molecule has 8 heteroatoms. The zero-order chi connectivity index (χ0) is 20.0. The van der Waals surface area contributed by atoms with E-state index in [-0.39, 0.29) is 5.69 Å². The van der Waals surface area contributed by atoms with Gasteiger partial charge in [0.25, 0.3) is 5.91 Å². The van der Waals surface area contributed by atoms with Gasteiger partial charge in [0.2, 0.25) is 0 Å². The van der Waals surface area contributed by atoms with Crippen LogP contribution in [-0.4, -0.2) is 29.5 Å². The van der Waals surface area contributed by atoms with Gasteiger partial charge in [0.15, 0.2) is 16.9 Å². The first kappa shape index (κ1) is 20.8. The molecule has 1 atom stereocenters. The average molecular weight is 393 g/mol. The highest BCUT2D eigenvalue weighted by molar-refractivity contribution is 7.13. The number of carbonyl (C=O) groups is 2. The van der Waals surface area contributed by atoms with Crippen molar-refractivity contribution in [2.45, 2.75) is 40.2 Å². The van der Waals surface area contributed by atoms with Crippen LogP contribution in [0.3, 0.4) is 0 Å². The molecule has 0 aliphatic carbocycles. The quantitative estimate of drug-likeness (QED) is 0.656. The van der Waals surface area contributed by atoms with Crippen LogP contribution in [0.4, 0.5) is 15.2 Å². The van der Waals surface area contributed by atoms with Gasteiger partial charge in [-0.25, -0.2) is 14.2 Å². The van der Waals surface area contributed by atoms with Gasteiger partial charge in [-0.3, -0.25) is 4.79 Å². The summed E-state index contributed by atoms with van der Waals surface area (Å²) < 4.78 is 18.7. The number of rotatable bonds is 8. The minimum atomic E-state index is -1.04. The standard InChI is InChI=1S/C19H24FN3O3S/c1-11(2)7-8-21-19-23-16(10-27-19)18(25)26-13(4)17(24)22-14-6-5-12(3)15(20)9-14/h5-6,9-11,13H,7-8H2,1-4H3,(H,21,23)(H,22,24)/t13-/m1/s1. The molecule has 2 rings (SSSR count). The maximum absolute atomic E-state index is 13.5. The summed E-state index contributed by atoms with van der Waals surface area (Å²) in [4.78, 5) is 28.5. The van der Waals surface area contributed by atoms with Crippen LogP contribution in [0, 0.1) is 18.7 Å². The van der Waals surface area contributed by atoms with E-state index in [0.29, 0.717) is 22.3 Å². The van der Waals surface area contributed by atoms with Gasteiger partial charge in [-0.1, -0.05) is 19.9 Å². The highest BCUT2D eigenvalue weighted by Crippen LogP contribution is 2.18. The fourth-order valence-corrected chi connectivity index (χ4v) is 2.81. The maximum atomic E-state index is 13.5. The molecular formula is C19H24FN3O3S. The highest BCUT2D eigenvalue weighted by Gasteiger charge is 2.21. The molecule has 2 N–H and O–H groups in total. The van der Waals surface area contributed by atoms with Crippen molar-refractivity contribution in [1.29, 1.82) is 0 Å². The molecule has 1 heterocycles. The fourth-order valence-electron chi connectivity index (χ4n) is 2.11. The van der Waals surface area contributed by atoms with Crippen molar-refractivity contribution in [2.75, 3.05) is 17.2 Å². The Kier molecular flexibility index (Phi) is 7.29. The SMILES string of the molecule is Cc1ccc(NC(=O)[C@@H](C)OC(=O)c2csc(NCCC(C)C)n2)cc1F. The van der Waals surface area contributed by atoms with E-state index < -0.39 is 23.8 Å². The molecule has 0 saturated carbocycles. The average Bonchev–Trinajstić information content (AvgIpc) is 3.06. The van der Waals surface area contributed by atoms with Crippen LogP contribution in [0.25, 0.3) is 0 Å². The third-order valence-electron chi connectivity index (χ3n) is 3.80. The molecule has 1 amide bonds. The second-order valence-electron chi connectivity index (χ2n) is 6.65. The Morgan fingerprint density at radius 1 is 1.30 bits per heavy atom. The Morgan fingerprint density at radius 2 is 2.04 bits per heavy atom. The van der Waals surface area contributed by atoms with Crippen molar-refractivity contribution in [2.24, 2.45) is 5.92 Å². The predicted octanol–water partition coefficient (Wildman–Crippen LogP) is 4.23. The zero-order valence-corrected chi connectivity index (χ0v) is 16.7. The Labute approximate surface area is 162 Å². The largest absolute Gasteiger partial charge is 0.448 e. The van der Waals surface area contributed by atoms with Gasteiger partial charge in [-0.05, 0) is 43.9 Å². The summed E-state index contributed by atoms with van der Waals surface area (Å²) in [6.07, 6.45) is -0.0446. The second kappa shape index (κ2) is 9.45. The monoisotopic (exact) mass is 393 g/mol. The van der Waals surface area contributed by atoms with Gasteiger partial charge in [0, 0.05) is 17.6 Å². The first-order valence-corrected chi connectivity index (χ1v) is 9.61. The van der Waals surface area contributed by atoms with Crippen molar-refractivity contribution in [3.8, 4) is 0 Å². The molecule has 27 heavy (non-hydrogen) atoms. The van der Waals surface area contributed by atoms with Crippen molar-refractivity contribution >= 4 is 34.0 Å². The first-order valence-electron chi connectivity index (χ1n) is 8.73. The van der Waals surface area contributed by atoms with E-state index in [1.165, 1.54) is 24.3 Å². The lowest BCUT2D eigenvalue weighted by atomic mass is 10.1. The molecule has 0 aliphatic heterocycles. The summed E-state index contributed by atoms with van der Waals surface area (Å²) >= 11 is 1.31. The Bertz CT molecular complexity index is 807. The van der Waals surface area contributed by atoms with E-state index in [1.807, 2.05) is 0 Å². The van der Waals surface area contributed by atoms with Gasteiger partial charge in [-0.2, -0.15) is 0 Å². The molecule has 0 spiro atoms. The molecule has 0 unspecified atom stereocenters. The van der Waals surface area contributed by atoms with Gasteiger partial charge in [0.05, 0.1) is 0 Å². The van der Waals surface area contributed by atoms with Crippen LogP contribution in [0.2, 0.25) is 0 Å². The molecule has 0 fully saturated rings. The number of nitrogens with zero attached hydrogens (tertiary/aromatic N) is 1. The van der Waals surface area contributed by atoms with Crippen molar-refractivity contribution in [3.05, 3.63) is 40.7 Å². The van der Waals surface area contributed by atoms with Gasteiger partial charge >= 0.3 is 5.97 Å².